The van der Waals surface area contributed by atoms with Gasteiger partial charge in [0.1, 0.15) is 11.6 Å². The second-order valence-corrected chi connectivity index (χ2v) is 7.49. The van der Waals surface area contributed by atoms with Gasteiger partial charge >= 0.3 is 0 Å². The normalized spacial score (nSPS) is 13.0. The lowest BCUT2D eigenvalue weighted by Gasteiger charge is -2.27. The van der Waals surface area contributed by atoms with Crippen LogP contribution in [0.3, 0.4) is 0 Å². The van der Waals surface area contributed by atoms with Crippen LogP contribution in [0.15, 0.2) is 48.7 Å². The van der Waals surface area contributed by atoms with Crippen molar-refractivity contribution in [3.8, 4) is 5.75 Å². The van der Waals surface area contributed by atoms with Crippen molar-refractivity contribution < 1.29 is 4.74 Å². The van der Waals surface area contributed by atoms with Gasteiger partial charge in [0, 0.05) is 46.6 Å². The zero-order chi connectivity index (χ0) is 20.4. The molecular weight excluding hydrogens is 407 g/mol. The van der Waals surface area contributed by atoms with Gasteiger partial charge in [-0.15, -0.1) is 0 Å². The molecule has 2 heterocycles. The lowest BCUT2D eigenvalue weighted by atomic mass is 10.00. The summed E-state index contributed by atoms with van der Waals surface area (Å²) in [4.78, 5) is 11.2. The van der Waals surface area contributed by atoms with E-state index in [1.54, 1.807) is 6.20 Å². The molecule has 0 saturated carbocycles. The first-order chi connectivity index (χ1) is 14.0. The molecule has 0 fully saturated rings. The number of nitrogens with one attached hydrogen (secondary N) is 1. The molecule has 2 aromatic carbocycles. The molecule has 148 valence electrons. The van der Waals surface area contributed by atoms with Gasteiger partial charge < -0.3 is 15.0 Å². The van der Waals surface area contributed by atoms with E-state index >= 15 is 0 Å². The van der Waals surface area contributed by atoms with Crippen LogP contribution in [0.4, 0.5) is 17.5 Å². The van der Waals surface area contributed by atoms with Gasteiger partial charge in [-0.1, -0.05) is 29.3 Å². The molecule has 0 unspecified atom stereocenters. The molecule has 29 heavy (non-hydrogen) atoms. The Morgan fingerprint density at radius 2 is 1.83 bits per heavy atom. The Morgan fingerprint density at radius 1 is 1.10 bits per heavy atom. The molecule has 1 aromatic heterocycles. The highest BCUT2D eigenvalue weighted by Gasteiger charge is 2.21. The molecule has 1 aliphatic heterocycles. The molecule has 5 nitrogen and oxygen atoms in total. The van der Waals surface area contributed by atoms with Crippen molar-refractivity contribution >= 4 is 52.3 Å². The highest BCUT2D eigenvalue weighted by molar-refractivity contribution is 6.38. The molecular formula is C22H20Cl2N4O. The van der Waals surface area contributed by atoms with Gasteiger partial charge in [-0.2, -0.15) is 4.98 Å². The fraction of sp³-hybridized carbons (Fsp3) is 0.182. The van der Waals surface area contributed by atoms with Crippen molar-refractivity contribution in [1.29, 1.82) is 0 Å². The number of nitrogens with zero attached hydrogens (tertiary/aromatic N) is 3. The first-order valence-corrected chi connectivity index (χ1v) is 10.0. The summed E-state index contributed by atoms with van der Waals surface area (Å²) in [6.07, 6.45) is 3.85. The van der Waals surface area contributed by atoms with Crippen LogP contribution < -0.4 is 15.0 Å². The molecule has 0 aliphatic carbocycles. The number of fused-ring (bicyclic) bond motifs is 1. The van der Waals surface area contributed by atoms with E-state index in [0.717, 1.165) is 34.0 Å². The summed E-state index contributed by atoms with van der Waals surface area (Å²) in [6, 6.07) is 13.2. The Hall–Kier alpha value is -2.76. The Bertz CT molecular complexity index is 1050. The van der Waals surface area contributed by atoms with Crippen molar-refractivity contribution in [1.82, 2.24) is 9.97 Å². The van der Waals surface area contributed by atoms with E-state index in [4.69, 9.17) is 27.9 Å². The molecule has 0 radical (unpaired) electrons. The summed E-state index contributed by atoms with van der Waals surface area (Å²) in [6.45, 7) is 3.25. The molecule has 1 N–H and O–H groups in total. The van der Waals surface area contributed by atoms with E-state index in [0.29, 0.717) is 29.1 Å². The molecule has 0 amide bonds. The van der Waals surface area contributed by atoms with Crippen LogP contribution in [-0.2, 0) is 0 Å². The molecule has 0 saturated heterocycles. The van der Waals surface area contributed by atoms with Crippen LogP contribution in [0.5, 0.6) is 5.75 Å². The third-order valence-electron chi connectivity index (χ3n) is 4.60. The number of aromatic nitrogens is 2. The molecule has 3 aromatic rings. The largest absolute Gasteiger partial charge is 0.494 e. The van der Waals surface area contributed by atoms with Crippen LogP contribution in [0.2, 0.25) is 10.0 Å². The lowest BCUT2D eigenvalue weighted by molar-refractivity contribution is 0.340. The predicted octanol–water partition coefficient (Wildman–Crippen LogP) is 5.92. The highest BCUT2D eigenvalue weighted by atomic mass is 35.5. The Labute approximate surface area is 180 Å². The minimum Gasteiger partial charge on any atom is -0.494 e. The first kappa shape index (κ1) is 19.6. The fourth-order valence-electron chi connectivity index (χ4n) is 3.30. The van der Waals surface area contributed by atoms with Crippen LogP contribution in [-0.4, -0.2) is 30.2 Å². The van der Waals surface area contributed by atoms with Crippen molar-refractivity contribution in [3.05, 3.63) is 69.8 Å². The van der Waals surface area contributed by atoms with Gasteiger partial charge in [0.05, 0.1) is 6.61 Å². The number of halogens is 2. The smallest absolute Gasteiger partial charge is 0.229 e. The zero-order valence-electron chi connectivity index (χ0n) is 16.1. The first-order valence-electron chi connectivity index (χ1n) is 9.28. The monoisotopic (exact) mass is 426 g/mol. The maximum Gasteiger partial charge on any atom is 0.229 e. The SMILES string of the molecule is CCOc1ccc(Nc2ncc3c(n2)N(C)CC(c2c(Cl)cccc2Cl)=C3)cc1. The molecule has 1 aliphatic rings. The average molecular weight is 427 g/mol. The lowest BCUT2D eigenvalue weighted by Crippen LogP contribution is -2.25. The maximum atomic E-state index is 6.39. The second-order valence-electron chi connectivity index (χ2n) is 6.68. The van der Waals surface area contributed by atoms with E-state index in [-0.39, 0.29) is 0 Å². The molecule has 7 heteroatoms. The number of anilines is 3. The van der Waals surface area contributed by atoms with Crippen LogP contribution >= 0.6 is 23.2 Å². The van der Waals surface area contributed by atoms with Gasteiger partial charge in [0.25, 0.3) is 0 Å². The summed E-state index contributed by atoms with van der Waals surface area (Å²) < 4.78 is 5.47. The van der Waals surface area contributed by atoms with Gasteiger partial charge in [0.2, 0.25) is 5.95 Å². The van der Waals surface area contributed by atoms with E-state index < -0.39 is 0 Å². The predicted molar refractivity (Wildman–Crippen MR) is 121 cm³/mol. The topological polar surface area (TPSA) is 50.3 Å². The van der Waals surface area contributed by atoms with Gasteiger partial charge in [0.15, 0.2) is 0 Å². The standard InChI is InChI=1S/C22H20Cl2N4O/c1-3-29-17-9-7-16(8-10-17)26-22-25-12-14-11-15(13-28(2)21(14)27-22)20-18(23)5-4-6-19(20)24/h4-12H,3,13H2,1-2H3,(H,25,26,27). The molecule has 4 rings (SSSR count). The number of rotatable bonds is 5. The van der Waals surface area contributed by atoms with Crippen molar-refractivity contribution in [2.45, 2.75) is 6.92 Å². The van der Waals surface area contributed by atoms with E-state index in [1.807, 2.05) is 62.5 Å². The van der Waals surface area contributed by atoms with Crippen molar-refractivity contribution in [2.75, 3.05) is 30.4 Å². The summed E-state index contributed by atoms with van der Waals surface area (Å²) in [7, 11) is 1.99. The summed E-state index contributed by atoms with van der Waals surface area (Å²) in [5.74, 6) is 2.22. The van der Waals surface area contributed by atoms with Crippen molar-refractivity contribution in [3.63, 3.8) is 0 Å². The number of hydrogen-bond acceptors (Lipinski definition) is 5. The zero-order valence-corrected chi connectivity index (χ0v) is 17.6. The van der Waals surface area contributed by atoms with Crippen molar-refractivity contribution in [2.24, 2.45) is 0 Å². The third kappa shape index (κ3) is 4.16. The maximum absolute atomic E-state index is 6.39. The highest BCUT2D eigenvalue weighted by Crippen LogP contribution is 2.37. The fourth-order valence-corrected chi connectivity index (χ4v) is 3.94. The Balaban J connectivity index is 1.61. The Kier molecular flexibility index (Phi) is 5.60. The van der Waals surface area contributed by atoms with E-state index in [2.05, 4.69) is 20.2 Å². The summed E-state index contributed by atoms with van der Waals surface area (Å²) >= 11 is 12.8. The Morgan fingerprint density at radius 3 is 2.52 bits per heavy atom. The number of benzene rings is 2. The summed E-state index contributed by atoms with van der Waals surface area (Å²) in [5, 5.41) is 4.51. The van der Waals surface area contributed by atoms with E-state index in [9.17, 15) is 0 Å². The van der Waals surface area contributed by atoms with Gasteiger partial charge in [-0.25, -0.2) is 4.98 Å². The third-order valence-corrected chi connectivity index (χ3v) is 5.23. The molecule has 0 bridgehead atoms. The quantitative estimate of drug-likeness (QED) is 0.548. The summed E-state index contributed by atoms with van der Waals surface area (Å²) in [5.41, 5.74) is 3.70. The molecule has 0 spiro atoms. The van der Waals surface area contributed by atoms with Gasteiger partial charge in [-0.3, -0.25) is 0 Å². The minimum atomic E-state index is 0.535. The van der Waals surface area contributed by atoms with E-state index in [1.165, 1.54) is 0 Å². The second kappa shape index (κ2) is 8.31. The van der Waals surface area contributed by atoms with Gasteiger partial charge in [-0.05, 0) is 55.0 Å². The van der Waals surface area contributed by atoms with Crippen LogP contribution in [0.1, 0.15) is 18.1 Å². The number of hydrogen-bond donors (Lipinski definition) is 1. The van der Waals surface area contributed by atoms with Crippen LogP contribution in [0.25, 0.3) is 11.6 Å². The number of likely N-dealkylation sites (N-methyl/N-ethyl adjacent to an activating group) is 1. The average Bonchev–Trinajstić information content (AvgIpc) is 2.70. The van der Waals surface area contributed by atoms with Crippen LogP contribution in [0, 0.1) is 0 Å². The molecule has 0 atom stereocenters. The minimum absolute atomic E-state index is 0.535. The number of ether oxygens (including phenoxy) is 1.